The van der Waals surface area contributed by atoms with Crippen molar-refractivity contribution >= 4 is 0 Å². The van der Waals surface area contributed by atoms with Crippen LogP contribution in [0.15, 0.2) is 0 Å². The molecule has 0 saturated carbocycles. The zero-order valence-corrected chi connectivity index (χ0v) is 11.5. The molecule has 1 aromatic heterocycles. The van der Waals surface area contributed by atoms with Crippen molar-refractivity contribution < 1.29 is 4.74 Å². The van der Waals surface area contributed by atoms with Crippen LogP contribution in [0.1, 0.15) is 38.1 Å². The maximum atomic E-state index is 5.27. The maximum absolute atomic E-state index is 5.27. The molecular formula is C12H23N5O. The standard InChI is InChI=1S/C12H23N5O/c1-10(12-13-14-15-16(12)2)17-7-4-5-11(6-8-17)9-18-3/h10-11H,4-9H2,1-3H3. The second kappa shape index (κ2) is 6.24. The fraction of sp³-hybridized carbons (Fsp3) is 0.917. The Bertz CT molecular complexity index is 367. The lowest BCUT2D eigenvalue weighted by Gasteiger charge is -2.26. The minimum absolute atomic E-state index is 0.284. The van der Waals surface area contributed by atoms with E-state index in [1.165, 1.54) is 19.3 Å². The summed E-state index contributed by atoms with van der Waals surface area (Å²) in [5.41, 5.74) is 0. The van der Waals surface area contributed by atoms with Crippen molar-refractivity contribution in [1.82, 2.24) is 25.1 Å². The van der Waals surface area contributed by atoms with Gasteiger partial charge in [0.1, 0.15) is 0 Å². The Balaban J connectivity index is 1.95. The Morgan fingerprint density at radius 2 is 2.22 bits per heavy atom. The highest BCUT2D eigenvalue weighted by Gasteiger charge is 2.24. The van der Waals surface area contributed by atoms with Gasteiger partial charge in [0.15, 0.2) is 5.82 Å². The van der Waals surface area contributed by atoms with Crippen molar-refractivity contribution in [2.24, 2.45) is 13.0 Å². The summed E-state index contributed by atoms with van der Waals surface area (Å²) in [6.45, 7) is 5.28. The van der Waals surface area contributed by atoms with E-state index in [-0.39, 0.29) is 6.04 Å². The van der Waals surface area contributed by atoms with E-state index in [0.717, 1.165) is 25.5 Å². The number of hydrogen-bond donors (Lipinski definition) is 0. The summed E-state index contributed by atoms with van der Waals surface area (Å²) in [6.07, 6.45) is 3.68. The molecule has 2 rings (SSSR count). The number of hydrogen-bond acceptors (Lipinski definition) is 5. The number of methoxy groups -OCH3 is 1. The van der Waals surface area contributed by atoms with Crippen LogP contribution < -0.4 is 0 Å². The lowest BCUT2D eigenvalue weighted by atomic mass is 10.0. The van der Waals surface area contributed by atoms with E-state index in [1.807, 2.05) is 7.05 Å². The zero-order valence-electron chi connectivity index (χ0n) is 11.5. The van der Waals surface area contributed by atoms with E-state index >= 15 is 0 Å². The predicted molar refractivity (Wildman–Crippen MR) is 68.0 cm³/mol. The molecule has 1 aromatic rings. The van der Waals surface area contributed by atoms with E-state index < -0.39 is 0 Å². The molecule has 18 heavy (non-hydrogen) atoms. The van der Waals surface area contributed by atoms with Gasteiger partial charge in [-0.3, -0.25) is 4.90 Å². The van der Waals surface area contributed by atoms with Crippen molar-refractivity contribution in [2.75, 3.05) is 26.8 Å². The molecule has 0 spiro atoms. The quantitative estimate of drug-likeness (QED) is 0.802. The average molecular weight is 253 g/mol. The van der Waals surface area contributed by atoms with E-state index in [9.17, 15) is 0 Å². The third kappa shape index (κ3) is 3.05. The molecule has 1 aliphatic rings. The fourth-order valence-electron chi connectivity index (χ4n) is 2.73. The molecule has 6 nitrogen and oxygen atoms in total. The minimum Gasteiger partial charge on any atom is -0.384 e. The van der Waals surface area contributed by atoms with Crippen LogP contribution in [-0.4, -0.2) is 51.9 Å². The summed E-state index contributed by atoms with van der Waals surface area (Å²) in [4.78, 5) is 2.47. The number of likely N-dealkylation sites (tertiary alicyclic amines) is 1. The van der Waals surface area contributed by atoms with E-state index in [4.69, 9.17) is 4.74 Å². The normalized spacial score (nSPS) is 23.8. The second-order valence-corrected chi connectivity index (χ2v) is 5.12. The number of nitrogens with zero attached hydrogens (tertiary/aromatic N) is 5. The van der Waals surface area contributed by atoms with Crippen molar-refractivity contribution in [3.8, 4) is 0 Å². The zero-order chi connectivity index (χ0) is 13.0. The van der Waals surface area contributed by atoms with Crippen molar-refractivity contribution in [2.45, 2.75) is 32.2 Å². The lowest BCUT2D eigenvalue weighted by Crippen LogP contribution is -2.30. The van der Waals surface area contributed by atoms with E-state index in [2.05, 4.69) is 27.3 Å². The number of rotatable bonds is 4. The maximum Gasteiger partial charge on any atom is 0.167 e. The first-order chi connectivity index (χ1) is 8.72. The van der Waals surface area contributed by atoms with Crippen LogP contribution in [0.4, 0.5) is 0 Å². The molecule has 1 saturated heterocycles. The number of aryl methyl sites for hydroxylation is 1. The monoisotopic (exact) mass is 253 g/mol. The average Bonchev–Trinajstić information content (AvgIpc) is 2.64. The predicted octanol–water partition coefficient (Wildman–Crippen LogP) is 1.02. The second-order valence-electron chi connectivity index (χ2n) is 5.12. The molecule has 1 fully saturated rings. The SMILES string of the molecule is COCC1CCCN(C(C)c2nnnn2C)CC1. The Kier molecular flexibility index (Phi) is 4.66. The summed E-state index contributed by atoms with van der Waals surface area (Å²) in [6, 6.07) is 0.284. The summed E-state index contributed by atoms with van der Waals surface area (Å²) in [7, 11) is 3.69. The fourth-order valence-corrected chi connectivity index (χ4v) is 2.73. The topological polar surface area (TPSA) is 56.1 Å². The van der Waals surface area contributed by atoms with Crippen molar-refractivity contribution in [3.63, 3.8) is 0 Å². The first-order valence-electron chi connectivity index (χ1n) is 6.67. The van der Waals surface area contributed by atoms with Crippen LogP contribution in [-0.2, 0) is 11.8 Å². The molecule has 0 radical (unpaired) electrons. The van der Waals surface area contributed by atoms with E-state index in [0.29, 0.717) is 5.92 Å². The molecule has 0 amide bonds. The van der Waals surface area contributed by atoms with Crippen LogP contribution in [0.2, 0.25) is 0 Å². The molecular weight excluding hydrogens is 230 g/mol. The largest absolute Gasteiger partial charge is 0.384 e. The molecule has 0 aromatic carbocycles. The van der Waals surface area contributed by atoms with Gasteiger partial charge in [0.05, 0.1) is 6.04 Å². The van der Waals surface area contributed by atoms with Crippen LogP contribution in [0, 0.1) is 5.92 Å². The highest BCUT2D eigenvalue weighted by Crippen LogP contribution is 2.24. The van der Waals surface area contributed by atoms with Gasteiger partial charge in [-0.25, -0.2) is 4.68 Å². The third-order valence-electron chi connectivity index (χ3n) is 3.86. The molecule has 102 valence electrons. The number of tetrazole rings is 1. The molecule has 6 heteroatoms. The summed E-state index contributed by atoms with van der Waals surface area (Å²) >= 11 is 0. The van der Waals surface area contributed by atoms with Gasteiger partial charge in [-0.1, -0.05) is 0 Å². The molecule has 2 unspecified atom stereocenters. The Morgan fingerprint density at radius 1 is 1.39 bits per heavy atom. The Hall–Kier alpha value is -1.01. The highest BCUT2D eigenvalue weighted by molar-refractivity contribution is 4.91. The summed E-state index contributed by atoms with van der Waals surface area (Å²) in [5.74, 6) is 1.64. The minimum atomic E-state index is 0.284. The smallest absolute Gasteiger partial charge is 0.167 e. The molecule has 2 heterocycles. The van der Waals surface area contributed by atoms with Gasteiger partial charge < -0.3 is 4.74 Å². The van der Waals surface area contributed by atoms with Crippen molar-refractivity contribution in [1.29, 1.82) is 0 Å². The van der Waals surface area contributed by atoms with Crippen LogP contribution >= 0.6 is 0 Å². The number of aromatic nitrogens is 4. The molecule has 1 aliphatic heterocycles. The van der Waals surface area contributed by atoms with Crippen LogP contribution in [0.5, 0.6) is 0 Å². The first-order valence-corrected chi connectivity index (χ1v) is 6.67. The molecule has 2 atom stereocenters. The third-order valence-corrected chi connectivity index (χ3v) is 3.86. The van der Waals surface area contributed by atoms with Gasteiger partial charge in [-0.05, 0) is 55.6 Å². The Labute approximate surface area is 108 Å². The summed E-state index contributed by atoms with van der Waals surface area (Å²) in [5, 5.41) is 11.7. The Morgan fingerprint density at radius 3 is 2.89 bits per heavy atom. The van der Waals surface area contributed by atoms with E-state index in [1.54, 1.807) is 11.8 Å². The molecule has 0 bridgehead atoms. The lowest BCUT2D eigenvalue weighted by molar-refractivity contribution is 0.141. The van der Waals surface area contributed by atoms with Gasteiger partial charge in [-0.2, -0.15) is 0 Å². The van der Waals surface area contributed by atoms with Crippen LogP contribution in [0.25, 0.3) is 0 Å². The summed E-state index contributed by atoms with van der Waals surface area (Å²) < 4.78 is 7.04. The van der Waals surface area contributed by atoms with Gasteiger partial charge in [0, 0.05) is 20.8 Å². The first kappa shape index (κ1) is 13.4. The van der Waals surface area contributed by atoms with Gasteiger partial charge in [0.25, 0.3) is 0 Å². The van der Waals surface area contributed by atoms with Crippen LogP contribution in [0.3, 0.4) is 0 Å². The van der Waals surface area contributed by atoms with Gasteiger partial charge >= 0.3 is 0 Å². The highest BCUT2D eigenvalue weighted by atomic mass is 16.5. The van der Waals surface area contributed by atoms with Crippen molar-refractivity contribution in [3.05, 3.63) is 5.82 Å². The number of ether oxygens (including phenoxy) is 1. The van der Waals surface area contributed by atoms with Gasteiger partial charge in [0.2, 0.25) is 0 Å². The molecule has 0 aliphatic carbocycles. The molecule has 0 N–H and O–H groups in total. The van der Waals surface area contributed by atoms with Gasteiger partial charge in [-0.15, -0.1) is 5.10 Å².